The molecule has 25 heavy (non-hydrogen) atoms. The third kappa shape index (κ3) is 5.07. The zero-order valence-corrected chi connectivity index (χ0v) is 20.2. The van der Waals surface area contributed by atoms with Gasteiger partial charge >= 0.3 is 5.97 Å². The molecule has 0 saturated carbocycles. The summed E-state index contributed by atoms with van der Waals surface area (Å²) in [6.45, 7) is 2.29. The van der Waals surface area contributed by atoms with Crippen LogP contribution < -0.4 is 4.74 Å². The summed E-state index contributed by atoms with van der Waals surface area (Å²) in [4.78, 5) is 14.9. The summed E-state index contributed by atoms with van der Waals surface area (Å²) in [7, 11) is 2.17. The molecule has 0 aliphatic carbocycles. The maximum Gasteiger partial charge on any atom is 0.344 e. The van der Waals surface area contributed by atoms with Crippen LogP contribution >= 0.6 is 67.8 Å². The number of ether oxygens (including phenoxy) is 1. The maximum absolute atomic E-state index is 12.5. The van der Waals surface area contributed by atoms with E-state index in [2.05, 4.69) is 97.9 Å². The van der Waals surface area contributed by atoms with Crippen molar-refractivity contribution in [2.24, 2.45) is 0 Å². The number of hydrogen-bond acceptors (Lipinski definition) is 3. The van der Waals surface area contributed by atoms with Crippen molar-refractivity contribution in [1.82, 2.24) is 4.90 Å². The molecule has 0 radical (unpaired) electrons. The van der Waals surface area contributed by atoms with Crippen LogP contribution in [0.15, 0.2) is 36.4 Å². The number of halogens is 3. The molecular formula is C19H18I3NO2. The van der Waals surface area contributed by atoms with Crippen LogP contribution in [-0.4, -0.2) is 31.0 Å². The van der Waals surface area contributed by atoms with Gasteiger partial charge in [-0.15, -0.1) is 0 Å². The predicted molar refractivity (Wildman–Crippen MR) is 125 cm³/mol. The topological polar surface area (TPSA) is 29.5 Å². The van der Waals surface area contributed by atoms with E-state index < -0.39 is 0 Å². The molecule has 1 saturated heterocycles. The number of likely N-dealkylation sites (tertiary alicyclic amines) is 1. The molecule has 3 nitrogen and oxygen atoms in total. The number of nitrogens with zero attached hydrogens (tertiary/aromatic N) is 1. The number of carbonyl (C=O) groups is 1. The zero-order chi connectivity index (χ0) is 18.0. The summed E-state index contributed by atoms with van der Waals surface area (Å²) < 4.78 is 8.63. The van der Waals surface area contributed by atoms with Gasteiger partial charge in [-0.05, 0) is 136 Å². The Balaban J connectivity index is 1.70. The molecule has 0 unspecified atom stereocenters. The van der Waals surface area contributed by atoms with E-state index in [1.165, 1.54) is 18.4 Å². The second-order valence-corrected chi connectivity index (χ2v) is 9.77. The van der Waals surface area contributed by atoms with E-state index in [0.29, 0.717) is 17.2 Å². The minimum absolute atomic E-state index is 0.298. The molecule has 0 N–H and O–H groups in total. The Hall–Kier alpha value is 0.0600. The highest BCUT2D eigenvalue weighted by atomic mass is 127. The van der Waals surface area contributed by atoms with E-state index in [9.17, 15) is 4.79 Å². The van der Waals surface area contributed by atoms with E-state index in [-0.39, 0.29) is 5.97 Å². The Morgan fingerprint density at radius 2 is 1.72 bits per heavy atom. The summed E-state index contributed by atoms with van der Waals surface area (Å²) in [5.41, 5.74) is 1.96. The third-order valence-corrected chi connectivity index (χ3v) is 8.16. The van der Waals surface area contributed by atoms with Crippen molar-refractivity contribution in [2.45, 2.75) is 18.8 Å². The van der Waals surface area contributed by atoms with Crippen molar-refractivity contribution < 1.29 is 9.53 Å². The number of piperidine rings is 1. The standard InChI is InChI=1S/C19H18I3NO2/c1-23-8-6-13(7-9-23)12-2-4-15(5-3-12)25-19(24)16-10-14(20)11-17(21)18(16)22/h2-5,10-11,13H,6-9H2,1H3. The second-order valence-electron chi connectivity index (χ2n) is 6.29. The van der Waals surface area contributed by atoms with Crippen molar-refractivity contribution in [3.05, 3.63) is 58.2 Å². The molecule has 1 aliphatic rings. The van der Waals surface area contributed by atoms with Gasteiger partial charge in [0.15, 0.2) is 0 Å². The maximum atomic E-state index is 12.5. The van der Waals surface area contributed by atoms with E-state index in [1.54, 1.807) is 0 Å². The number of esters is 1. The predicted octanol–water partition coefficient (Wildman–Crippen LogP) is 5.53. The Morgan fingerprint density at radius 3 is 2.36 bits per heavy atom. The van der Waals surface area contributed by atoms with E-state index in [0.717, 1.165) is 23.8 Å². The molecule has 1 fully saturated rings. The Labute approximate surface area is 189 Å². The fourth-order valence-electron chi connectivity index (χ4n) is 3.02. The molecule has 3 rings (SSSR count). The van der Waals surface area contributed by atoms with Crippen LogP contribution in [-0.2, 0) is 0 Å². The van der Waals surface area contributed by atoms with Crippen LogP contribution in [0.2, 0.25) is 0 Å². The molecule has 0 aromatic heterocycles. The average molecular weight is 673 g/mol. The fraction of sp³-hybridized carbons (Fsp3) is 0.316. The highest BCUT2D eigenvalue weighted by molar-refractivity contribution is 14.1. The van der Waals surface area contributed by atoms with Gasteiger partial charge in [0.1, 0.15) is 5.75 Å². The lowest BCUT2D eigenvalue weighted by Crippen LogP contribution is -2.29. The minimum atomic E-state index is -0.298. The number of rotatable bonds is 3. The van der Waals surface area contributed by atoms with Crippen molar-refractivity contribution >= 4 is 73.7 Å². The monoisotopic (exact) mass is 673 g/mol. The second kappa shape index (κ2) is 8.83. The van der Waals surface area contributed by atoms with Crippen LogP contribution in [0.5, 0.6) is 5.75 Å². The summed E-state index contributed by atoms with van der Waals surface area (Å²) in [5.74, 6) is 0.915. The SMILES string of the molecule is CN1CCC(c2ccc(OC(=O)c3cc(I)cc(I)c3I)cc2)CC1. The van der Waals surface area contributed by atoms with Crippen LogP contribution in [0.3, 0.4) is 0 Å². The first-order valence-corrected chi connectivity index (χ1v) is 11.3. The van der Waals surface area contributed by atoms with Crippen molar-refractivity contribution in [1.29, 1.82) is 0 Å². The average Bonchev–Trinajstić information content (AvgIpc) is 2.59. The fourth-order valence-corrected chi connectivity index (χ4v) is 5.39. The van der Waals surface area contributed by atoms with E-state index in [1.807, 2.05) is 18.2 Å². The van der Waals surface area contributed by atoms with Crippen molar-refractivity contribution in [2.75, 3.05) is 20.1 Å². The molecular weight excluding hydrogens is 655 g/mol. The third-order valence-electron chi connectivity index (χ3n) is 4.49. The smallest absolute Gasteiger partial charge is 0.344 e. The highest BCUT2D eigenvalue weighted by Crippen LogP contribution is 2.29. The molecule has 1 aliphatic heterocycles. The van der Waals surface area contributed by atoms with Gasteiger partial charge in [-0.25, -0.2) is 4.79 Å². The van der Waals surface area contributed by atoms with Gasteiger partial charge in [0.2, 0.25) is 0 Å². The lowest BCUT2D eigenvalue weighted by atomic mass is 9.90. The zero-order valence-electron chi connectivity index (χ0n) is 13.8. The first-order valence-electron chi connectivity index (χ1n) is 8.09. The van der Waals surface area contributed by atoms with Gasteiger partial charge in [0.25, 0.3) is 0 Å². The first kappa shape index (κ1) is 19.8. The molecule has 0 atom stereocenters. The normalized spacial score (nSPS) is 16.0. The van der Waals surface area contributed by atoms with Gasteiger partial charge in [0, 0.05) is 10.7 Å². The molecule has 0 spiro atoms. The number of benzene rings is 2. The van der Waals surface area contributed by atoms with Gasteiger partial charge in [-0.1, -0.05) is 12.1 Å². The highest BCUT2D eigenvalue weighted by Gasteiger charge is 2.19. The van der Waals surface area contributed by atoms with Crippen LogP contribution in [0.4, 0.5) is 0 Å². The lowest BCUT2D eigenvalue weighted by molar-refractivity contribution is 0.0733. The molecule has 1 heterocycles. The van der Waals surface area contributed by atoms with Crippen molar-refractivity contribution in [3.63, 3.8) is 0 Å². The van der Waals surface area contributed by atoms with E-state index >= 15 is 0 Å². The summed E-state index contributed by atoms with van der Waals surface area (Å²) >= 11 is 6.67. The number of carbonyl (C=O) groups excluding carboxylic acids is 1. The Bertz CT molecular complexity index is 769. The van der Waals surface area contributed by atoms with Crippen LogP contribution in [0.1, 0.15) is 34.7 Å². The minimum Gasteiger partial charge on any atom is -0.423 e. The largest absolute Gasteiger partial charge is 0.423 e. The molecule has 132 valence electrons. The lowest BCUT2D eigenvalue weighted by Gasteiger charge is -2.29. The molecule has 2 aromatic carbocycles. The van der Waals surface area contributed by atoms with E-state index in [4.69, 9.17) is 4.74 Å². The van der Waals surface area contributed by atoms with Gasteiger partial charge in [-0.2, -0.15) is 0 Å². The summed E-state index contributed by atoms with van der Waals surface area (Å²) in [6, 6.07) is 12.0. The molecule has 6 heteroatoms. The molecule has 0 bridgehead atoms. The van der Waals surface area contributed by atoms with Crippen molar-refractivity contribution in [3.8, 4) is 5.75 Å². The quantitative estimate of drug-likeness (QED) is 0.186. The van der Waals surface area contributed by atoms with Gasteiger partial charge in [0.05, 0.1) is 5.56 Å². The molecule has 0 amide bonds. The molecule has 2 aromatic rings. The van der Waals surface area contributed by atoms with Gasteiger partial charge < -0.3 is 9.64 Å². The van der Waals surface area contributed by atoms with Crippen LogP contribution in [0, 0.1) is 10.7 Å². The van der Waals surface area contributed by atoms with Crippen LogP contribution in [0.25, 0.3) is 0 Å². The van der Waals surface area contributed by atoms with Gasteiger partial charge in [-0.3, -0.25) is 0 Å². The summed E-state index contributed by atoms with van der Waals surface area (Å²) in [6.07, 6.45) is 2.38. The first-order chi connectivity index (χ1) is 11.9. The summed E-state index contributed by atoms with van der Waals surface area (Å²) in [5, 5.41) is 0. The Morgan fingerprint density at radius 1 is 1.08 bits per heavy atom. The Kier molecular flexibility index (Phi) is 7.00. The number of hydrogen-bond donors (Lipinski definition) is 0.